The summed E-state index contributed by atoms with van der Waals surface area (Å²) in [5.41, 5.74) is 0.778. The van der Waals surface area contributed by atoms with Crippen molar-refractivity contribution in [1.82, 2.24) is 15.2 Å². The van der Waals surface area contributed by atoms with Crippen LogP contribution in [0.25, 0.3) is 10.9 Å². The van der Waals surface area contributed by atoms with Gasteiger partial charge in [0.2, 0.25) is 5.91 Å². The first-order chi connectivity index (χ1) is 10.2. The van der Waals surface area contributed by atoms with Gasteiger partial charge in [0.05, 0.1) is 5.52 Å². The quantitative estimate of drug-likeness (QED) is 0.879. The summed E-state index contributed by atoms with van der Waals surface area (Å²) < 4.78 is 1.82. The lowest BCUT2D eigenvalue weighted by Crippen LogP contribution is -2.46. The van der Waals surface area contributed by atoms with Crippen molar-refractivity contribution in [2.45, 2.75) is 25.4 Å². The van der Waals surface area contributed by atoms with Crippen molar-refractivity contribution in [3.05, 3.63) is 46.8 Å². The fourth-order valence-electron chi connectivity index (χ4n) is 2.80. The molecule has 1 fully saturated rings. The lowest BCUT2D eigenvalue weighted by molar-refractivity contribution is -0.122. The number of carbonyl (C=O) groups excluding carboxylic acids is 1. The SMILES string of the molecule is O=C(Cn1ccc(=O)c2ccccc21)NC1CCCNC1. The number of piperidine rings is 1. The van der Waals surface area contributed by atoms with E-state index in [2.05, 4.69) is 10.6 Å². The van der Waals surface area contributed by atoms with E-state index in [4.69, 9.17) is 0 Å². The minimum absolute atomic E-state index is 0.0151. The number of rotatable bonds is 3. The zero-order valence-electron chi connectivity index (χ0n) is 11.8. The molecule has 1 aromatic carbocycles. The Morgan fingerprint density at radius 3 is 3.00 bits per heavy atom. The molecule has 5 heteroatoms. The second-order valence-electron chi connectivity index (χ2n) is 5.44. The zero-order valence-corrected chi connectivity index (χ0v) is 11.8. The van der Waals surface area contributed by atoms with Gasteiger partial charge in [-0.1, -0.05) is 12.1 Å². The van der Waals surface area contributed by atoms with Gasteiger partial charge in [0.1, 0.15) is 6.54 Å². The molecule has 2 aromatic rings. The molecular formula is C16H19N3O2. The molecule has 1 unspecified atom stereocenters. The third kappa shape index (κ3) is 3.13. The number of para-hydroxylation sites is 1. The summed E-state index contributed by atoms with van der Waals surface area (Å²) in [4.78, 5) is 24.0. The normalized spacial score (nSPS) is 18.6. The molecule has 1 aliphatic rings. The molecule has 0 spiro atoms. The number of nitrogens with one attached hydrogen (secondary N) is 2. The zero-order chi connectivity index (χ0) is 14.7. The standard InChI is InChI=1S/C16H19N3O2/c20-15-7-9-19(14-6-2-1-5-13(14)15)11-16(21)18-12-4-3-8-17-10-12/h1-2,5-7,9,12,17H,3-4,8,10-11H2,(H,18,21). The van der Waals surface area contributed by atoms with Crippen LogP contribution in [0.5, 0.6) is 0 Å². The summed E-state index contributed by atoms with van der Waals surface area (Å²) in [7, 11) is 0. The lowest BCUT2D eigenvalue weighted by Gasteiger charge is -2.24. The number of benzene rings is 1. The molecule has 21 heavy (non-hydrogen) atoms. The lowest BCUT2D eigenvalue weighted by atomic mass is 10.1. The first-order valence-electron chi connectivity index (χ1n) is 7.32. The van der Waals surface area contributed by atoms with E-state index in [-0.39, 0.29) is 23.9 Å². The van der Waals surface area contributed by atoms with Crippen LogP contribution in [0.1, 0.15) is 12.8 Å². The molecule has 0 radical (unpaired) electrons. The van der Waals surface area contributed by atoms with Gasteiger partial charge in [-0.25, -0.2) is 0 Å². The van der Waals surface area contributed by atoms with E-state index < -0.39 is 0 Å². The van der Waals surface area contributed by atoms with Gasteiger partial charge in [-0.05, 0) is 31.5 Å². The number of pyridine rings is 1. The van der Waals surface area contributed by atoms with Gasteiger partial charge in [-0.2, -0.15) is 0 Å². The molecule has 110 valence electrons. The van der Waals surface area contributed by atoms with Crippen molar-refractivity contribution in [2.24, 2.45) is 0 Å². The van der Waals surface area contributed by atoms with Crippen molar-refractivity contribution < 1.29 is 4.79 Å². The molecule has 1 aromatic heterocycles. The molecule has 0 bridgehead atoms. The van der Waals surface area contributed by atoms with E-state index in [1.165, 1.54) is 6.07 Å². The maximum atomic E-state index is 12.2. The Kier molecular flexibility index (Phi) is 4.01. The predicted octanol–water partition coefficient (Wildman–Crippen LogP) is 0.870. The molecule has 1 saturated heterocycles. The van der Waals surface area contributed by atoms with Crippen molar-refractivity contribution in [3.8, 4) is 0 Å². The third-order valence-corrected chi connectivity index (χ3v) is 3.86. The number of fused-ring (bicyclic) bond motifs is 1. The highest BCUT2D eigenvalue weighted by molar-refractivity contribution is 5.82. The number of carbonyl (C=O) groups is 1. The molecule has 1 aliphatic heterocycles. The van der Waals surface area contributed by atoms with E-state index in [1.807, 2.05) is 22.8 Å². The Morgan fingerprint density at radius 2 is 2.19 bits per heavy atom. The molecule has 1 amide bonds. The summed E-state index contributed by atoms with van der Waals surface area (Å²) in [6.45, 7) is 2.09. The van der Waals surface area contributed by atoms with E-state index >= 15 is 0 Å². The Balaban J connectivity index is 1.77. The van der Waals surface area contributed by atoms with Gasteiger partial charge in [-0.15, -0.1) is 0 Å². The average Bonchev–Trinajstić information content (AvgIpc) is 2.51. The molecule has 3 rings (SSSR count). The Labute approximate surface area is 123 Å². The maximum absolute atomic E-state index is 12.2. The van der Waals surface area contributed by atoms with Crippen LogP contribution in [0, 0.1) is 0 Å². The summed E-state index contributed by atoms with van der Waals surface area (Å²) in [6, 6.07) is 9.08. The van der Waals surface area contributed by atoms with Crippen molar-refractivity contribution in [1.29, 1.82) is 0 Å². The van der Waals surface area contributed by atoms with E-state index in [1.54, 1.807) is 12.3 Å². The van der Waals surface area contributed by atoms with Gasteiger partial charge in [-0.3, -0.25) is 9.59 Å². The fourth-order valence-corrected chi connectivity index (χ4v) is 2.80. The first-order valence-corrected chi connectivity index (χ1v) is 7.32. The third-order valence-electron chi connectivity index (χ3n) is 3.86. The van der Waals surface area contributed by atoms with Crippen LogP contribution in [-0.2, 0) is 11.3 Å². The minimum atomic E-state index is -0.0162. The molecule has 5 nitrogen and oxygen atoms in total. The first kappa shape index (κ1) is 13.8. The minimum Gasteiger partial charge on any atom is -0.351 e. The van der Waals surface area contributed by atoms with Crippen LogP contribution >= 0.6 is 0 Å². The number of nitrogens with zero attached hydrogens (tertiary/aromatic N) is 1. The maximum Gasteiger partial charge on any atom is 0.240 e. The number of hydrogen-bond acceptors (Lipinski definition) is 3. The Bertz CT molecular complexity index is 702. The van der Waals surface area contributed by atoms with Crippen molar-refractivity contribution >= 4 is 16.8 Å². The summed E-state index contributed by atoms with van der Waals surface area (Å²) in [5.74, 6) is -0.0162. The van der Waals surface area contributed by atoms with Gasteiger partial charge in [0, 0.05) is 30.2 Å². The highest BCUT2D eigenvalue weighted by Gasteiger charge is 2.15. The topological polar surface area (TPSA) is 63.1 Å². The van der Waals surface area contributed by atoms with E-state index in [9.17, 15) is 9.59 Å². The number of hydrogen-bond donors (Lipinski definition) is 2. The second kappa shape index (κ2) is 6.10. The molecule has 2 N–H and O–H groups in total. The van der Waals surface area contributed by atoms with E-state index in [0.717, 1.165) is 31.4 Å². The monoisotopic (exact) mass is 285 g/mol. The highest BCUT2D eigenvalue weighted by atomic mass is 16.2. The second-order valence-corrected chi connectivity index (χ2v) is 5.44. The smallest absolute Gasteiger partial charge is 0.240 e. The fraction of sp³-hybridized carbons (Fsp3) is 0.375. The van der Waals surface area contributed by atoms with Crippen LogP contribution in [0.4, 0.5) is 0 Å². The Morgan fingerprint density at radius 1 is 1.33 bits per heavy atom. The van der Waals surface area contributed by atoms with Crippen LogP contribution in [-0.4, -0.2) is 29.6 Å². The molecule has 2 heterocycles. The number of amides is 1. The van der Waals surface area contributed by atoms with Crippen molar-refractivity contribution in [2.75, 3.05) is 13.1 Å². The Hall–Kier alpha value is -2.14. The van der Waals surface area contributed by atoms with Crippen LogP contribution in [0.15, 0.2) is 41.3 Å². The van der Waals surface area contributed by atoms with Crippen LogP contribution in [0.2, 0.25) is 0 Å². The molecule has 1 atom stereocenters. The number of aromatic nitrogens is 1. The van der Waals surface area contributed by atoms with Gasteiger partial charge in [0.25, 0.3) is 0 Å². The highest BCUT2D eigenvalue weighted by Crippen LogP contribution is 2.09. The van der Waals surface area contributed by atoms with Crippen molar-refractivity contribution in [3.63, 3.8) is 0 Å². The molecule has 0 aliphatic carbocycles. The van der Waals surface area contributed by atoms with Gasteiger partial charge in [0.15, 0.2) is 5.43 Å². The van der Waals surface area contributed by atoms with Gasteiger partial charge < -0.3 is 15.2 Å². The van der Waals surface area contributed by atoms with Crippen LogP contribution in [0.3, 0.4) is 0 Å². The average molecular weight is 285 g/mol. The molecule has 0 saturated carbocycles. The molecular weight excluding hydrogens is 266 g/mol. The summed E-state index contributed by atoms with van der Waals surface area (Å²) >= 11 is 0. The van der Waals surface area contributed by atoms with Gasteiger partial charge >= 0.3 is 0 Å². The van der Waals surface area contributed by atoms with Crippen LogP contribution < -0.4 is 16.1 Å². The summed E-state index contributed by atoms with van der Waals surface area (Å²) in [6.07, 6.45) is 3.79. The predicted molar refractivity (Wildman–Crippen MR) is 82.2 cm³/mol. The summed E-state index contributed by atoms with van der Waals surface area (Å²) in [5, 5.41) is 6.97. The largest absolute Gasteiger partial charge is 0.351 e. The van der Waals surface area contributed by atoms with E-state index in [0.29, 0.717) is 5.39 Å².